The predicted octanol–water partition coefficient (Wildman–Crippen LogP) is 1.40. The van der Waals surface area contributed by atoms with Gasteiger partial charge in [0, 0.05) is 11.7 Å². The van der Waals surface area contributed by atoms with Gasteiger partial charge >= 0.3 is 5.97 Å². The van der Waals surface area contributed by atoms with E-state index in [0.717, 1.165) is 18.4 Å². The van der Waals surface area contributed by atoms with Gasteiger partial charge in [-0.1, -0.05) is 11.6 Å². The first-order valence-corrected chi connectivity index (χ1v) is 6.39. The van der Waals surface area contributed by atoms with Crippen LogP contribution in [0.5, 0.6) is 0 Å². The van der Waals surface area contributed by atoms with Gasteiger partial charge in [0.05, 0.1) is 12.0 Å². The van der Waals surface area contributed by atoms with Crippen LogP contribution in [0.1, 0.15) is 35.2 Å². The molecule has 1 aliphatic rings. The first-order valence-electron chi connectivity index (χ1n) is 6.39. The minimum Gasteiger partial charge on any atom is -0.461 e. The van der Waals surface area contributed by atoms with E-state index in [0.29, 0.717) is 17.3 Å². The maximum atomic E-state index is 11.8. The van der Waals surface area contributed by atoms with Crippen molar-refractivity contribution in [1.29, 1.82) is 0 Å². The molecule has 102 valence electrons. The molecule has 0 spiro atoms. The average molecular weight is 262 g/mol. The first-order chi connectivity index (χ1) is 9.06. The van der Waals surface area contributed by atoms with Gasteiger partial charge in [0.25, 0.3) is 0 Å². The van der Waals surface area contributed by atoms with Crippen molar-refractivity contribution in [2.45, 2.75) is 32.2 Å². The smallest absolute Gasteiger partial charge is 0.340 e. The number of nitrogens with one attached hydrogen (secondary N) is 1. The molecule has 1 amide bonds. The topological polar surface area (TPSA) is 81.4 Å². The fourth-order valence-corrected chi connectivity index (χ4v) is 1.69. The van der Waals surface area contributed by atoms with Crippen LogP contribution in [0.3, 0.4) is 0 Å². The Morgan fingerprint density at radius 3 is 2.84 bits per heavy atom. The van der Waals surface area contributed by atoms with Crippen LogP contribution < -0.4 is 11.1 Å². The van der Waals surface area contributed by atoms with E-state index >= 15 is 0 Å². The number of amides is 1. The number of carbonyl (C=O) groups excluding carboxylic acids is 2. The summed E-state index contributed by atoms with van der Waals surface area (Å²) in [6, 6.07) is 5.51. The molecule has 0 aliphatic heterocycles. The van der Waals surface area contributed by atoms with Crippen LogP contribution in [0.2, 0.25) is 0 Å². The van der Waals surface area contributed by atoms with Gasteiger partial charge in [0.1, 0.15) is 6.61 Å². The molecule has 1 saturated carbocycles. The minimum atomic E-state index is -0.486. The molecule has 1 aromatic carbocycles. The lowest BCUT2D eigenvalue weighted by atomic mass is 10.1. The molecule has 19 heavy (non-hydrogen) atoms. The first kappa shape index (κ1) is 13.4. The highest BCUT2D eigenvalue weighted by Gasteiger charge is 2.23. The van der Waals surface area contributed by atoms with Crippen molar-refractivity contribution in [2.75, 3.05) is 12.3 Å². The number of aryl methyl sites for hydroxylation is 1. The molecule has 1 aromatic rings. The summed E-state index contributed by atoms with van der Waals surface area (Å²) in [7, 11) is 0. The predicted molar refractivity (Wildman–Crippen MR) is 71.7 cm³/mol. The van der Waals surface area contributed by atoms with Gasteiger partial charge in [0.15, 0.2) is 0 Å². The molecule has 1 aliphatic carbocycles. The maximum Gasteiger partial charge on any atom is 0.340 e. The van der Waals surface area contributed by atoms with E-state index in [4.69, 9.17) is 10.5 Å². The third-order valence-electron chi connectivity index (χ3n) is 2.93. The van der Waals surface area contributed by atoms with Crippen molar-refractivity contribution < 1.29 is 14.3 Å². The molecule has 0 atom stereocenters. The summed E-state index contributed by atoms with van der Waals surface area (Å²) < 4.78 is 5.06. The van der Waals surface area contributed by atoms with Crippen LogP contribution in [0.25, 0.3) is 0 Å². The van der Waals surface area contributed by atoms with Crippen molar-refractivity contribution >= 4 is 17.6 Å². The van der Waals surface area contributed by atoms with Crippen LogP contribution in [-0.2, 0) is 9.53 Å². The number of nitrogens with two attached hydrogens (primary N) is 1. The summed E-state index contributed by atoms with van der Waals surface area (Å²) in [5, 5.41) is 2.83. The van der Waals surface area contributed by atoms with Gasteiger partial charge in [-0.25, -0.2) is 4.79 Å². The Hall–Kier alpha value is -2.04. The third-order valence-corrected chi connectivity index (χ3v) is 2.93. The fourth-order valence-electron chi connectivity index (χ4n) is 1.69. The number of ether oxygens (including phenoxy) is 1. The van der Waals surface area contributed by atoms with E-state index < -0.39 is 5.97 Å². The van der Waals surface area contributed by atoms with Crippen LogP contribution in [-0.4, -0.2) is 24.5 Å². The van der Waals surface area contributed by atoms with E-state index in [1.807, 2.05) is 13.0 Å². The van der Waals surface area contributed by atoms with Crippen LogP contribution in [0, 0.1) is 6.92 Å². The number of rotatable bonds is 5. The largest absolute Gasteiger partial charge is 0.461 e. The zero-order valence-electron chi connectivity index (χ0n) is 10.9. The summed E-state index contributed by atoms with van der Waals surface area (Å²) in [5.74, 6) is -0.562. The Bertz CT molecular complexity index is 495. The highest BCUT2D eigenvalue weighted by atomic mass is 16.5. The summed E-state index contributed by atoms with van der Waals surface area (Å²) in [5.41, 5.74) is 7.39. The standard InChI is InChI=1S/C14H18N2O3/c1-9-2-5-12(15)11(8-9)14(18)19-7-6-13(17)16-10-3-4-10/h2,5,8,10H,3-4,6-7,15H2,1H3,(H,16,17). The molecule has 5 nitrogen and oxygen atoms in total. The Morgan fingerprint density at radius 2 is 2.16 bits per heavy atom. The monoisotopic (exact) mass is 262 g/mol. The number of hydrogen-bond donors (Lipinski definition) is 2. The Morgan fingerprint density at radius 1 is 1.42 bits per heavy atom. The minimum absolute atomic E-state index is 0.0742. The number of nitrogen functional groups attached to an aromatic ring is 1. The zero-order valence-corrected chi connectivity index (χ0v) is 10.9. The highest BCUT2D eigenvalue weighted by Crippen LogP contribution is 2.18. The normalized spacial score (nSPS) is 13.9. The molecule has 0 saturated heterocycles. The molecular formula is C14H18N2O3. The summed E-state index contributed by atoms with van der Waals surface area (Å²) in [6.07, 6.45) is 2.28. The second-order valence-corrected chi connectivity index (χ2v) is 4.82. The Balaban J connectivity index is 1.80. The van der Waals surface area contributed by atoms with Crippen molar-refractivity contribution in [3.63, 3.8) is 0 Å². The summed E-state index contributed by atoms with van der Waals surface area (Å²) >= 11 is 0. The van der Waals surface area contributed by atoms with Crippen molar-refractivity contribution in [1.82, 2.24) is 5.32 Å². The third kappa shape index (κ3) is 3.98. The van der Waals surface area contributed by atoms with Crippen molar-refractivity contribution in [3.05, 3.63) is 29.3 Å². The van der Waals surface area contributed by atoms with Crippen LogP contribution in [0.15, 0.2) is 18.2 Å². The van der Waals surface area contributed by atoms with Gasteiger partial charge in [-0.15, -0.1) is 0 Å². The van der Waals surface area contributed by atoms with Gasteiger partial charge in [-0.05, 0) is 31.9 Å². The van der Waals surface area contributed by atoms with Crippen LogP contribution >= 0.6 is 0 Å². The highest BCUT2D eigenvalue weighted by molar-refractivity contribution is 5.95. The lowest BCUT2D eigenvalue weighted by Crippen LogP contribution is -2.26. The molecule has 0 unspecified atom stereocenters. The van der Waals surface area contributed by atoms with Crippen LogP contribution in [0.4, 0.5) is 5.69 Å². The van der Waals surface area contributed by atoms with Crippen molar-refractivity contribution in [2.24, 2.45) is 0 Å². The second kappa shape index (κ2) is 5.73. The van der Waals surface area contributed by atoms with Crippen molar-refractivity contribution in [3.8, 4) is 0 Å². The Labute approximate surface area is 112 Å². The lowest BCUT2D eigenvalue weighted by molar-refractivity contribution is -0.121. The molecule has 0 heterocycles. The van der Waals surface area contributed by atoms with E-state index in [9.17, 15) is 9.59 Å². The summed E-state index contributed by atoms with van der Waals surface area (Å²) in [6.45, 7) is 1.95. The SMILES string of the molecule is Cc1ccc(N)c(C(=O)OCCC(=O)NC2CC2)c1. The summed E-state index contributed by atoms with van der Waals surface area (Å²) in [4.78, 5) is 23.2. The van der Waals surface area contributed by atoms with Gasteiger partial charge in [-0.2, -0.15) is 0 Å². The van der Waals surface area contributed by atoms with E-state index in [2.05, 4.69) is 5.32 Å². The maximum absolute atomic E-state index is 11.8. The molecule has 0 bridgehead atoms. The molecule has 0 radical (unpaired) electrons. The fraction of sp³-hybridized carbons (Fsp3) is 0.429. The Kier molecular flexibility index (Phi) is 4.04. The molecule has 3 N–H and O–H groups in total. The quantitative estimate of drug-likeness (QED) is 0.621. The number of anilines is 1. The molecule has 0 aromatic heterocycles. The number of benzene rings is 1. The number of hydrogen-bond acceptors (Lipinski definition) is 4. The average Bonchev–Trinajstić information content (AvgIpc) is 3.16. The number of carbonyl (C=O) groups is 2. The lowest BCUT2D eigenvalue weighted by Gasteiger charge is -2.08. The van der Waals surface area contributed by atoms with E-state index in [1.54, 1.807) is 12.1 Å². The molecule has 2 rings (SSSR count). The molecular weight excluding hydrogens is 244 g/mol. The molecule has 1 fully saturated rings. The molecule has 5 heteroatoms. The van der Waals surface area contributed by atoms with E-state index in [-0.39, 0.29) is 18.9 Å². The van der Waals surface area contributed by atoms with Gasteiger partial charge in [0.2, 0.25) is 5.91 Å². The second-order valence-electron chi connectivity index (χ2n) is 4.82. The van der Waals surface area contributed by atoms with Gasteiger partial charge in [-0.3, -0.25) is 4.79 Å². The van der Waals surface area contributed by atoms with Gasteiger partial charge < -0.3 is 15.8 Å². The number of esters is 1. The van der Waals surface area contributed by atoms with E-state index in [1.165, 1.54) is 0 Å². The zero-order chi connectivity index (χ0) is 13.8.